The Hall–Kier alpha value is -0.620. The Balaban J connectivity index is 2.37. The second-order valence-corrected chi connectivity index (χ2v) is 7.49. The van der Waals surface area contributed by atoms with Gasteiger partial charge >= 0.3 is 0 Å². The van der Waals surface area contributed by atoms with E-state index in [1.807, 2.05) is 11.9 Å². The van der Waals surface area contributed by atoms with Crippen molar-refractivity contribution in [2.45, 2.75) is 12.5 Å². The molecule has 1 unspecified atom stereocenters. The van der Waals surface area contributed by atoms with Crippen molar-refractivity contribution in [2.75, 3.05) is 32.1 Å². The van der Waals surface area contributed by atoms with Crippen LogP contribution in [0.3, 0.4) is 0 Å². The number of rotatable bonds is 7. The average molecular weight is 306 g/mol. The van der Waals surface area contributed by atoms with E-state index in [4.69, 9.17) is 11.6 Å². The highest BCUT2D eigenvalue weighted by Crippen LogP contribution is 2.19. The van der Waals surface area contributed by atoms with Crippen LogP contribution in [0.4, 0.5) is 0 Å². The van der Waals surface area contributed by atoms with Gasteiger partial charge in [-0.2, -0.15) is 0 Å². The molecule has 0 bridgehead atoms. The number of hydrogen-bond donors (Lipinski definition) is 1. The first-order valence-electron chi connectivity index (χ1n) is 6.08. The molecule has 1 N–H and O–H groups in total. The van der Waals surface area contributed by atoms with E-state index in [1.165, 1.54) is 6.26 Å². The summed E-state index contributed by atoms with van der Waals surface area (Å²) in [5, 5.41) is 10.6. The van der Waals surface area contributed by atoms with E-state index < -0.39 is 15.9 Å². The summed E-state index contributed by atoms with van der Waals surface area (Å²) in [7, 11) is -1.09. The van der Waals surface area contributed by atoms with Crippen LogP contribution in [0.1, 0.15) is 18.1 Å². The Bertz CT molecular complexity index is 487. The minimum absolute atomic E-state index is 0.139. The molecule has 0 aliphatic heterocycles. The molecule has 108 valence electrons. The van der Waals surface area contributed by atoms with Crippen molar-refractivity contribution in [3.05, 3.63) is 34.9 Å². The largest absolute Gasteiger partial charge is 0.388 e. The number of aliphatic hydroxyl groups excluding tert-OH is 1. The minimum Gasteiger partial charge on any atom is -0.388 e. The van der Waals surface area contributed by atoms with Gasteiger partial charge < -0.3 is 10.0 Å². The normalized spacial score (nSPS) is 13.7. The van der Waals surface area contributed by atoms with Crippen molar-refractivity contribution in [3.8, 4) is 0 Å². The molecule has 0 amide bonds. The van der Waals surface area contributed by atoms with E-state index in [1.54, 1.807) is 24.3 Å². The quantitative estimate of drug-likeness (QED) is 0.833. The number of hydrogen-bond acceptors (Lipinski definition) is 4. The molecule has 1 aromatic rings. The molecule has 0 spiro atoms. The fourth-order valence-electron chi connectivity index (χ4n) is 1.63. The molecule has 19 heavy (non-hydrogen) atoms. The number of benzene rings is 1. The van der Waals surface area contributed by atoms with Crippen molar-refractivity contribution in [2.24, 2.45) is 0 Å². The van der Waals surface area contributed by atoms with Crippen molar-refractivity contribution in [1.29, 1.82) is 0 Å². The van der Waals surface area contributed by atoms with Crippen LogP contribution in [-0.2, 0) is 9.84 Å². The van der Waals surface area contributed by atoms with E-state index >= 15 is 0 Å². The molecule has 0 aliphatic rings. The first-order chi connectivity index (χ1) is 8.78. The van der Waals surface area contributed by atoms with Crippen LogP contribution in [0, 0.1) is 0 Å². The lowest BCUT2D eigenvalue weighted by Crippen LogP contribution is -2.27. The minimum atomic E-state index is -2.93. The van der Waals surface area contributed by atoms with Gasteiger partial charge in [-0.15, -0.1) is 0 Å². The maximum Gasteiger partial charge on any atom is 0.148 e. The van der Waals surface area contributed by atoms with Gasteiger partial charge in [0, 0.05) is 24.4 Å². The highest BCUT2D eigenvalue weighted by molar-refractivity contribution is 7.90. The van der Waals surface area contributed by atoms with Gasteiger partial charge in [0.1, 0.15) is 9.84 Å². The third-order valence-electron chi connectivity index (χ3n) is 2.88. The third kappa shape index (κ3) is 6.92. The van der Waals surface area contributed by atoms with Crippen LogP contribution < -0.4 is 0 Å². The number of halogens is 1. The first kappa shape index (κ1) is 16.4. The summed E-state index contributed by atoms with van der Waals surface area (Å²) < 4.78 is 22.1. The zero-order chi connectivity index (χ0) is 14.5. The Kier molecular flexibility index (Phi) is 6.26. The van der Waals surface area contributed by atoms with Crippen molar-refractivity contribution in [1.82, 2.24) is 4.90 Å². The third-order valence-corrected chi connectivity index (χ3v) is 4.06. The lowest BCUT2D eigenvalue weighted by molar-refractivity contribution is 0.150. The molecule has 0 fully saturated rings. The zero-order valence-corrected chi connectivity index (χ0v) is 12.8. The summed E-state index contributed by atoms with van der Waals surface area (Å²) in [5.74, 6) is 0.139. The van der Waals surface area contributed by atoms with Crippen molar-refractivity contribution in [3.63, 3.8) is 0 Å². The first-order valence-corrected chi connectivity index (χ1v) is 8.51. The highest BCUT2D eigenvalue weighted by atomic mass is 35.5. The Labute approximate surface area is 119 Å². The van der Waals surface area contributed by atoms with Gasteiger partial charge in [0.2, 0.25) is 0 Å². The van der Waals surface area contributed by atoms with Crippen LogP contribution in [0.2, 0.25) is 5.02 Å². The van der Waals surface area contributed by atoms with Gasteiger partial charge in [0.05, 0.1) is 11.9 Å². The van der Waals surface area contributed by atoms with Gasteiger partial charge in [-0.3, -0.25) is 0 Å². The predicted molar refractivity (Wildman–Crippen MR) is 78.2 cm³/mol. The van der Waals surface area contributed by atoms with Crippen molar-refractivity contribution >= 4 is 21.4 Å². The molecule has 1 atom stereocenters. The Morgan fingerprint density at radius 1 is 1.26 bits per heavy atom. The number of nitrogens with zero attached hydrogens (tertiary/aromatic N) is 1. The van der Waals surface area contributed by atoms with Gasteiger partial charge in [0.15, 0.2) is 0 Å². The zero-order valence-electron chi connectivity index (χ0n) is 11.2. The summed E-state index contributed by atoms with van der Waals surface area (Å²) in [5.41, 5.74) is 0.820. The topological polar surface area (TPSA) is 57.6 Å². The monoisotopic (exact) mass is 305 g/mol. The Morgan fingerprint density at radius 2 is 1.84 bits per heavy atom. The molecular formula is C13H20ClNO3S. The maximum atomic E-state index is 11.0. The smallest absolute Gasteiger partial charge is 0.148 e. The molecule has 1 aromatic carbocycles. The second kappa shape index (κ2) is 7.24. The van der Waals surface area contributed by atoms with E-state index in [-0.39, 0.29) is 5.75 Å². The summed E-state index contributed by atoms with van der Waals surface area (Å²) in [6.07, 6.45) is 1.23. The molecule has 0 saturated heterocycles. The van der Waals surface area contributed by atoms with Gasteiger partial charge in [-0.1, -0.05) is 23.7 Å². The molecule has 1 rings (SSSR count). The number of sulfone groups is 1. The number of aliphatic hydroxyl groups is 1. The predicted octanol–water partition coefficient (Wildman–Crippen LogP) is 1.74. The molecule has 0 saturated carbocycles. The molecule has 4 nitrogen and oxygen atoms in total. The van der Waals surface area contributed by atoms with Crippen LogP contribution in [0.5, 0.6) is 0 Å². The Morgan fingerprint density at radius 3 is 2.37 bits per heavy atom. The fraction of sp³-hybridized carbons (Fsp3) is 0.538. The van der Waals surface area contributed by atoms with Gasteiger partial charge in [-0.25, -0.2) is 8.42 Å². The molecule has 0 radical (unpaired) electrons. The van der Waals surface area contributed by atoms with Gasteiger partial charge in [0.25, 0.3) is 0 Å². The molecule has 0 aromatic heterocycles. The standard InChI is InChI=1S/C13H20ClNO3S/c1-15(9-10-19(2,17)18)8-7-13(16)11-3-5-12(14)6-4-11/h3-6,13,16H,7-10H2,1-2H3. The van der Waals surface area contributed by atoms with Crippen LogP contribution in [0.15, 0.2) is 24.3 Å². The van der Waals surface area contributed by atoms with E-state index in [9.17, 15) is 13.5 Å². The molecule has 0 aliphatic carbocycles. The lowest BCUT2D eigenvalue weighted by Gasteiger charge is -2.18. The van der Waals surface area contributed by atoms with E-state index in [0.29, 0.717) is 24.5 Å². The second-order valence-electron chi connectivity index (χ2n) is 4.79. The highest BCUT2D eigenvalue weighted by Gasteiger charge is 2.10. The summed E-state index contributed by atoms with van der Waals surface area (Å²) in [4.78, 5) is 1.90. The van der Waals surface area contributed by atoms with Crippen LogP contribution in [0.25, 0.3) is 0 Å². The summed E-state index contributed by atoms with van der Waals surface area (Å²) in [6, 6.07) is 7.08. The van der Waals surface area contributed by atoms with Crippen molar-refractivity contribution < 1.29 is 13.5 Å². The fourth-order valence-corrected chi connectivity index (χ4v) is 2.40. The van der Waals surface area contributed by atoms with E-state index in [2.05, 4.69) is 0 Å². The van der Waals surface area contributed by atoms with E-state index in [0.717, 1.165) is 5.56 Å². The molecule has 6 heteroatoms. The SMILES string of the molecule is CN(CCC(O)c1ccc(Cl)cc1)CCS(C)(=O)=O. The maximum absolute atomic E-state index is 11.0. The molecular weight excluding hydrogens is 286 g/mol. The molecule has 0 heterocycles. The van der Waals surface area contributed by atoms with Gasteiger partial charge in [-0.05, 0) is 31.2 Å². The summed E-state index contributed by atoms with van der Waals surface area (Å²) in [6.45, 7) is 1.12. The lowest BCUT2D eigenvalue weighted by atomic mass is 10.1. The summed E-state index contributed by atoms with van der Waals surface area (Å²) >= 11 is 5.78. The van der Waals surface area contributed by atoms with Crippen LogP contribution >= 0.6 is 11.6 Å². The van der Waals surface area contributed by atoms with Crippen LogP contribution in [-0.4, -0.2) is 50.6 Å². The average Bonchev–Trinajstić information content (AvgIpc) is 2.33.